The summed E-state index contributed by atoms with van der Waals surface area (Å²) in [4.78, 5) is 53.6. The number of imidazole rings is 1. The van der Waals surface area contributed by atoms with Gasteiger partial charge in [0, 0.05) is 18.3 Å². The summed E-state index contributed by atoms with van der Waals surface area (Å²) in [6.45, 7) is 3.68. The number of hydrogen-bond acceptors (Lipinski definition) is 6. The van der Waals surface area contributed by atoms with E-state index in [0.717, 1.165) is 0 Å². The summed E-state index contributed by atoms with van der Waals surface area (Å²) in [6, 6.07) is -3.39. The number of carbonyl (C=O) groups excluding carboxylic acids is 3. The van der Waals surface area contributed by atoms with Gasteiger partial charge in [-0.25, -0.2) is 9.78 Å². The van der Waals surface area contributed by atoms with E-state index in [0.29, 0.717) is 5.69 Å². The van der Waals surface area contributed by atoms with Gasteiger partial charge in [0.05, 0.1) is 18.8 Å². The van der Waals surface area contributed by atoms with Crippen molar-refractivity contribution in [1.29, 1.82) is 0 Å². The Morgan fingerprint density at radius 1 is 1.19 bits per heavy atom. The van der Waals surface area contributed by atoms with Crippen LogP contribution in [0.1, 0.15) is 32.4 Å². The number of carboxylic acid groups (broad SMARTS) is 1. The van der Waals surface area contributed by atoms with Crippen LogP contribution in [0.3, 0.4) is 0 Å². The SMILES string of the molecule is CC(C)C[C@H](NC(=O)[C@@H](N)Cc1cnc[nH]1)C(=O)N[C@@H](CC(N)=O)C(=O)O. The maximum atomic E-state index is 12.5. The minimum Gasteiger partial charge on any atom is -0.480 e. The average molecular weight is 382 g/mol. The van der Waals surface area contributed by atoms with Crippen LogP contribution in [0, 0.1) is 5.92 Å². The fourth-order valence-corrected chi connectivity index (χ4v) is 2.38. The number of nitrogens with zero attached hydrogens (tertiary/aromatic N) is 1. The molecule has 1 rings (SSSR count). The summed E-state index contributed by atoms with van der Waals surface area (Å²) in [5.74, 6) is -3.52. The van der Waals surface area contributed by atoms with Gasteiger partial charge in [-0.1, -0.05) is 13.8 Å². The first-order valence-corrected chi connectivity index (χ1v) is 8.44. The number of rotatable bonds is 11. The third-order valence-corrected chi connectivity index (χ3v) is 3.69. The van der Waals surface area contributed by atoms with Crippen molar-refractivity contribution < 1.29 is 24.3 Å². The lowest BCUT2D eigenvalue weighted by atomic mass is 10.0. The summed E-state index contributed by atoms with van der Waals surface area (Å²) < 4.78 is 0. The molecule has 0 unspecified atom stereocenters. The summed E-state index contributed by atoms with van der Waals surface area (Å²) in [5, 5.41) is 13.9. The van der Waals surface area contributed by atoms with Gasteiger partial charge in [0.25, 0.3) is 0 Å². The molecule has 0 aromatic carbocycles. The van der Waals surface area contributed by atoms with E-state index in [-0.39, 0.29) is 18.8 Å². The number of aliphatic carboxylic acids is 1. The molecule has 27 heavy (non-hydrogen) atoms. The molecule has 0 fully saturated rings. The smallest absolute Gasteiger partial charge is 0.326 e. The lowest BCUT2D eigenvalue weighted by molar-refractivity contribution is -0.143. The molecule has 150 valence electrons. The Bertz CT molecular complexity index is 660. The van der Waals surface area contributed by atoms with E-state index in [4.69, 9.17) is 16.6 Å². The van der Waals surface area contributed by atoms with E-state index in [1.165, 1.54) is 12.5 Å². The van der Waals surface area contributed by atoms with Crippen LogP contribution in [0.15, 0.2) is 12.5 Å². The number of primary amides is 1. The summed E-state index contributed by atoms with van der Waals surface area (Å²) in [7, 11) is 0. The Morgan fingerprint density at radius 2 is 1.81 bits per heavy atom. The number of carboxylic acids is 1. The molecule has 0 saturated carbocycles. The molecular weight excluding hydrogens is 356 g/mol. The Labute approximate surface area is 156 Å². The van der Waals surface area contributed by atoms with E-state index >= 15 is 0 Å². The Morgan fingerprint density at radius 3 is 2.30 bits per heavy atom. The van der Waals surface area contributed by atoms with Crippen molar-refractivity contribution >= 4 is 23.7 Å². The molecule has 0 bridgehead atoms. The van der Waals surface area contributed by atoms with Crippen molar-refractivity contribution in [3.05, 3.63) is 18.2 Å². The van der Waals surface area contributed by atoms with Gasteiger partial charge in [-0.05, 0) is 12.3 Å². The fraction of sp³-hybridized carbons (Fsp3) is 0.562. The van der Waals surface area contributed by atoms with E-state index in [1.54, 1.807) is 0 Å². The van der Waals surface area contributed by atoms with Crippen molar-refractivity contribution in [2.75, 3.05) is 0 Å². The van der Waals surface area contributed by atoms with Gasteiger partial charge in [0.15, 0.2) is 0 Å². The van der Waals surface area contributed by atoms with Crippen LogP contribution in [-0.4, -0.2) is 56.9 Å². The summed E-state index contributed by atoms with van der Waals surface area (Å²) >= 11 is 0. The lowest BCUT2D eigenvalue weighted by Gasteiger charge is -2.23. The summed E-state index contributed by atoms with van der Waals surface area (Å²) in [5.41, 5.74) is 11.5. The molecule has 0 radical (unpaired) electrons. The van der Waals surface area contributed by atoms with Crippen molar-refractivity contribution in [3.8, 4) is 0 Å². The predicted octanol–water partition coefficient (Wildman–Crippen LogP) is -1.74. The number of carbonyl (C=O) groups is 4. The first kappa shape index (κ1) is 22.1. The zero-order valence-electron chi connectivity index (χ0n) is 15.3. The maximum absolute atomic E-state index is 12.5. The molecule has 3 amide bonds. The van der Waals surface area contributed by atoms with Gasteiger partial charge < -0.3 is 32.2 Å². The first-order chi connectivity index (χ1) is 12.6. The maximum Gasteiger partial charge on any atom is 0.326 e. The zero-order valence-corrected chi connectivity index (χ0v) is 15.3. The Balaban J connectivity index is 2.77. The Hall–Kier alpha value is -2.95. The molecule has 0 spiro atoms. The highest BCUT2D eigenvalue weighted by molar-refractivity contribution is 5.93. The monoisotopic (exact) mass is 382 g/mol. The highest BCUT2D eigenvalue weighted by Crippen LogP contribution is 2.07. The van der Waals surface area contributed by atoms with Crippen LogP contribution in [0.5, 0.6) is 0 Å². The number of H-pyrrole nitrogens is 1. The molecule has 0 aliphatic heterocycles. The molecule has 11 nitrogen and oxygen atoms in total. The van der Waals surface area contributed by atoms with Crippen LogP contribution in [0.25, 0.3) is 0 Å². The van der Waals surface area contributed by atoms with Crippen molar-refractivity contribution in [1.82, 2.24) is 20.6 Å². The van der Waals surface area contributed by atoms with Gasteiger partial charge >= 0.3 is 5.97 Å². The fourth-order valence-electron chi connectivity index (χ4n) is 2.38. The van der Waals surface area contributed by atoms with Gasteiger partial charge in [-0.3, -0.25) is 14.4 Å². The van der Waals surface area contributed by atoms with Crippen molar-refractivity contribution in [2.45, 2.75) is 51.2 Å². The number of aromatic amines is 1. The molecule has 1 aromatic rings. The molecule has 11 heteroatoms. The quantitative estimate of drug-likeness (QED) is 0.261. The highest BCUT2D eigenvalue weighted by atomic mass is 16.4. The number of hydrogen-bond donors (Lipinski definition) is 6. The first-order valence-electron chi connectivity index (χ1n) is 8.44. The number of amides is 3. The van der Waals surface area contributed by atoms with E-state index in [9.17, 15) is 19.2 Å². The molecule has 8 N–H and O–H groups in total. The normalized spacial score (nSPS) is 14.2. The Kier molecular flexibility index (Phi) is 8.39. The molecule has 0 aliphatic carbocycles. The van der Waals surface area contributed by atoms with Crippen LogP contribution in [0.4, 0.5) is 0 Å². The average Bonchev–Trinajstić information content (AvgIpc) is 3.05. The van der Waals surface area contributed by atoms with Crippen molar-refractivity contribution in [2.24, 2.45) is 17.4 Å². The molecule has 1 aromatic heterocycles. The number of nitrogens with two attached hydrogens (primary N) is 2. The predicted molar refractivity (Wildman–Crippen MR) is 95.0 cm³/mol. The van der Waals surface area contributed by atoms with E-state index in [1.807, 2.05) is 13.8 Å². The minimum atomic E-state index is -1.47. The zero-order chi connectivity index (χ0) is 20.6. The van der Waals surface area contributed by atoms with Crippen LogP contribution in [0.2, 0.25) is 0 Å². The van der Waals surface area contributed by atoms with Crippen LogP contribution >= 0.6 is 0 Å². The van der Waals surface area contributed by atoms with Gasteiger partial charge in [-0.2, -0.15) is 0 Å². The van der Waals surface area contributed by atoms with Gasteiger partial charge in [0.2, 0.25) is 17.7 Å². The largest absolute Gasteiger partial charge is 0.480 e. The third-order valence-electron chi connectivity index (χ3n) is 3.69. The number of nitrogens with one attached hydrogen (secondary N) is 3. The minimum absolute atomic E-state index is 0.0318. The highest BCUT2D eigenvalue weighted by Gasteiger charge is 2.29. The third kappa shape index (κ3) is 7.86. The second-order valence-electron chi connectivity index (χ2n) is 6.65. The second-order valence-corrected chi connectivity index (χ2v) is 6.65. The molecular formula is C16H26N6O5. The molecule has 3 atom stereocenters. The van der Waals surface area contributed by atoms with Gasteiger partial charge in [0.1, 0.15) is 12.1 Å². The molecule has 0 saturated heterocycles. The summed E-state index contributed by atoms with van der Waals surface area (Å²) in [6.07, 6.45) is 2.90. The van der Waals surface area contributed by atoms with Crippen molar-refractivity contribution in [3.63, 3.8) is 0 Å². The second kappa shape index (κ2) is 10.3. The molecule has 1 heterocycles. The van der Waals surface area contributed by atoms with Gasteiger partial charge in [-0.15, -0.1) is 0 Å². The lowest BCUT2D eigenvalue weighted by Crippen LogP contribution is -2.55. The number of aromatic nitrogens is 2. The topological polar surface area (TPSA) is 193 Å². The van der Waals surface area contributed by atoms with Crippen LogP contribution < -0.4 is 22.1 Å². The standard InChI is InChI=1S/C16H26N6O5/c1-8(2)3-11(15(25)22-12(16(26)27)5-13(18)23)21-14(24)10(17)4-9-6-19-7-20-9/h6-8,10-12H,3-5,17H2,1-2H3,(H2,18,23)(H,19,20)(H,21,24)(H,22,25)(H,26,27)/t10-,11-,12-/m0/s1. The van der Waals surface area contributed by atoms with E-state index in [2.05, 4.69) is 20.6 Å². The van der Waals surface area contributed by atoms with E-state index < -0.39 is 48.2 Å². The van der Waals surface area contributed by atoms with Crippen LogP contribution in [-0.2, 0) is 25.6 Å². The molecule has 0 aliphatic rings.